The van der Waals surface area contributed by atoms with Crippen molar-refractivity contribution >= 4 is 5.97 Å². The van der Waals surface area contributed by atoms with Crippen LogP contribution in [-0.4, -0.2) is 50.7 Å². The van der Waals surface area contributed by atoms with E-state index >= 15 is 0 Å². The van der Waals surface area contributed by atoms with E-state index in [0.717, 1.165) is 32.1 Å². The van der Waals surface area contributed by atoms with Crippen LogP contribution in [-0.2, 0) is 19.0 Å². The van der Waals surface area contributed by atoms with E-state index in [-0.39, 0.29) is 24.6 Å². The number of aliphatic hydroxyl groups is 1. The van der Waals surface area contributed by atoms with Gasteiger partial charge in [0, 0.05) is 0 Å². The smallest absolute Gasteiger partial charge is 0.312 e. The number of ether oxygens (including phenoxy) is 3. The maximum atomic E-state index is 13.2. The Bertz CT molecular complexity index is 694. The van der Waals surface area contributed by atoms with E-state index in [2.05, 4.69) is 33.8 Å². The first kappa shape index (κ1) is 24.5. The second kappa shape index (κ2) is 10.6. The lowest BCUT2D eigenvalue weighted by Crippen LogP contribution is -2.51. The minimum absolute atomic E-state index is 0.0177. The van der Waals surface area contributed by atoms with Gasteiger partial charge in [0.1, 0.15) is 6.61 Å². The fourth-order valence-electron chi connectivity index (χ4n) is 6.31. The van der Waals surface area contributed by atoms with Crippen LogP contribution in [0.25, 0.3) is 0 Å². The lowest BCUT2D eigenvalue weighted by molar-refractivity contribution is -0.167. The van der Waals surface area contributed by atoms with Gasteiger partial charge in [0.2, 0.25) is 0 Å². The molecule has 1 fully saturated rings. The van der Waals surface area contributed by atoms with Crippen molar-refractivity contribution in [2.45, 2.75) is 72.6 Å². The average Bonchev–Trinajstić information content (AvgIpc) is 2.75. The molecule has 0 spiro atoms. The third kappa shape index (κ3) is 5.26. The Morgan fingerprint density at radius 2 is 1.77 bits per heavy atom. The van der Waals surface area contributed by atoms with Crippen molar-refractivity contribution in [3.8, 4) is 0 Å². The van der Waals surface area contributed by atoms with Crippen LogP contribution in [0.4, 0.5) is 0 Å². The highest BCUT2D eigenvalue weighted by atomic mass is 16.6. The summed E-state index contributed by atoms with van der Waals surface area (Å²) < 4.78 is 16.4. The van der Waals surface area contributed by atoms with Crippen LogP contribution >= 0.6 is 0 Å². The minimum atomic E-state index is -0.419. The SMILES string of the molecule is CC(C)C1=CC2=C(CC1)[C@@]1(C)CCC[C@@](C)(C(=O)OCCOCCOCCO)[C@@H]1CC2. The molecule has 0 heterocycles. The first-order valence-electron chi connectivity index (χ1n) is 12.2. The van der Waals surface area contributed by atoms with Gasteiger partial charge in [-0.2, -0.15) is 0 Å². The normalized spacial score (nSPS) is 30.6. The molecular weight excluding hydrogens is 392 g/mol. The van der Waals surface area contributed by atoms with Crippen LogP contribution in [0.2, 0.25) is 0 Å². The van der Waals surface area contributed by atoms with Crippen LogP contribution in [0, 0.1) is 22.7 Å². The fourth-order valence-corrected chi connectivity index (χ4v) is 6.31. The topological polar surface area (TPSA) is 65.0 Å². The fraction of sp³-hybridized carbons (Fsp3) is 0.808. The van der Waals surface area contributed by atoms with Crippen LogP contribution in [0.5, 0.6) is 0 Å². The summed E-state index contributed by atoms with van der Waals surface area (Å²) in [5.41, 5.74) is 4.46. The summed E-state index contributed by atoms with van der Waals surface area (Å²) in [6, 6.07) is 0. The molecule has 5 heteroatoms. The van der Waals surface area contributed by atoms with Gasteiger partial charge in [0.15, 0.2) is 0 Å². The molecule has 0 radical (unpaired) electrons. The summed E-state index contributed by atoms with van der Waals surface area (Å²) >= 11 is 0. The summed E-state index contributed by atoms with van der Waals surface area (Å²) in [5.74, 6) is 0.915. The number of carbonyl (C=O) groups excluding carboxylic acids is 1. The van der Waals surface area contributed by atoms with E-state index in [1.807, 2.05) is 0 Å². The van der Waals surface area contributed by atoms with E-state index in [1.165, 1.54) is 12.8 Å². The van der Waals surface area contributed by atoms with E-state index < -0.39 is 5.41 Å². The molecular formula is C26H42O5. The number of carbonyl (C=O) groups is 1. The van der Waals surface area contributed by atoms with Gasteiger partial charge < -0.3 is 19.3 Å². The number of rotatable bonds is 10. The van der Waals surface area contributed by atoms with Crippen molar-refractivity contribution in [1.82, 2.24) is 0 Å². The summed E-state index contributed by atoms with van der Waals surface area (Å²) in [7, 11) is 0. The average molecular weight is 435 g/mol. The maximum Gasteiger partial charge on any atom is 0.312 e. The number of fused-ring (bicyclic) bond motifs is 2. The van der Waals surface area contributed by atoms with Gasteiger partial charge in [-0.05, 0) is 68.3 Å². The van der Waals surface area contributed by atoms with Crippen molar-refractivity contribution in [3.63, 3.8) is 0 Å². The molecule has 3 rings (SSSR count). The van der Waals surface area contributed by atoms with Gasteiger partial charge in [-0.25, -0.2) is 0 Å². The Labute approximate surface area is 188 Å². The molecule has 176 valence electrons. The van der Waals surface area contributed by atoms with Gasteiger partial charge in [0.25, 0.3) is 0 Å². The quantitative estimate of drug-likeness (QED) is 0.394. The van der Waals surface area contributed by atoms with Crippen molar-refractivity contribution in [2.24, 2.45) is 22.7 Å². The largest absolute Gasteiger partial charge is 0.463 e. The van der Waals surface area contributed by atoms with E-state index in [4.69, 9.17) is 19.3 Å². The summed E-state index contributed by atoms with van der Waals surface area (Å²) in [5, 5.41) is 8.69. The van der Waals surface area contributed by atoms with Crippen LogP contribution in [0.1, 0.15) is 72.6 Å². The Kier molecular flexibility index (Phi) is 8.39. The number of allylic oxidation sites excluding steroid dienone is 4. The Hall–Kier alpha value is -1.17. The number of hydrogen-bond acceptors (Lipinski definition) is 5. The Balaban J connectivity index is 1.61. The Morgan fingerprint density at radius 1 is 1.06 bits per heavy atom. The van der Waals surface area contributed by atoms with Gasteiger partial charge in [-0.3, -0.25) is 4.79 Å². The molecule has 0 aliphatic heterocycles. The van der Waals surface area contributed by atoms with E-state index in [9.17, 15) is 4.79 Å². The molecule has 0 bridgehead atoms. The first-order chi connectivity index (χ1) is 14.8. The molecule has 0 aromatic heterocycles. The standard InChI is InChI=1S/C26H42O5/c1-19(2)20-6-8-22-21(18-20)7-9-23-25(22,3)10-5-11-26(23,4)24(28)31-17-16-30-15-14-29-13-12-27/h18-19,23,27H,5-17H2,1-4H3/t23-,25-,26-/m1/s1. The highest BCUT2D eigenvalue weighted by Crippen LogP contribution is 2.61. The third-order valence-corrected chi connectivity index (χ3v) is 8.01. The molecule has 3 aliphatic carbocycles. The molecule has 0 aromatic rings. The van der Waals surface area contributed by atoms with Gasteiger partial charge in [-0.15, -0.1) is 0 Å². The zero-order valence-electron chi connectivity index (χ0n) is 20.0. The van der Waals surface area contributed by atoms with Gasteiger partial charge in [-0.1, -0.05) is 44.4 Å². The minimum Gasteiger partial charge on any atom is -0.463 e. The van der Waals surface area contributed by atoms with Crippen LogP contribution < -0.4 is 0 Å². The number of aliphatic hydroxyl groups excluding tert-OH is 1. The van der Waals surface area contributed by atoms with E-state index in [1.54, 1.807) is 16.7 Å². The molecule has 0 amide bonds. The lowest BCUT2D eigenvalue weighted by atomic mass is 9.48. The molecule has 0 saturated heterocycles. The molecule has 1 N–H and O–H groups in total. The van der Waals surface area contributed by atoms with Crippen LogP contribution in [0.15, 0.2) is 22.8 Å². The summed E-state index contributed by atoms with van der Waals surface area (Å²) in [6.45, 7) is 11.0. The van der Waals surface area contributed by atoms with Crippen molar-refractivity contribution in [2.75, 3.05) is 39.6 Å². The van der Waals surface area contributed by atoms with Gasteiger partial charge in [0.05, 0.1) is 38.4 Å². The van der Waals surface area contributed by atoms with Crippen LogP contribution in [0.3, 0.4) is 0 Å². The zero-order valence-corrected chi connectivity index (χ0v) is 20.0. The molecule has 3 aliphatic rings. The second-order valence-corrected chi connectivity index (χ2v) is 10.2. The molecule has 5 nitrogen and oxygen atoms in total. The Morgan fingerprint density at radius 3 is 2.48 bits per heavy atom. The molecule has 0 aromatic carbocycles. The number of esters is 1. The van der Waals surface area contributed by atoms with Crippen molar-refractivity contribution in [1.29, 1.82) is 0 Å². The second-order valence-electron chi connectivity index (χ2n) is 10.2. The van der Waals surface area contributed by atoms with Crippen molar-refractivity contribution < 1.29 is 24.1 Å². The molecule has 3 atom stereocenters. The lowest BCUT2D eigenvalue weighted by Gasteiger charge is -2.55. The summed E-state index contributed by atoms with van der Waals surface area (Å²) in [4.78, 5) is 13.2. The maximum absolute atomic E-state index is 13.2. The molecule has 31 heavy (non-hydrogen) atoms. The monoisotopic (exact) mass is 434 g/mol. The molecule has 1 saturated carbocycles. The highest BCUT2D eigenvalue weighted by molar-refractivity contribution is 5.77. The van der Waals surface area contributed by atoms with Gasteiger partial charge >= 0.3 is 5.97 Å². The van der Waals surface area contributed by atoms with E-state index in [0.29, 0.717) is 38.3 Å². The number of hydrogen-bond donors (Lipinski definition) is 1. The highest BCUT2D eigenvalue weighted by Gasteiger charge is 2.56. The summed E-state index contributed by atoms with van der Waals surface area (Å²) in [6.07, 6.45) is 10.1. The first-order valence-corrected chi connectivity index (χ1v) is 12.2. The van der Waals surface area contributed by atoms with Crippen molar-refractivity contribution in [3.05, 3.63) is 22.8 Å². The molecule has 0 unspecified atom stereocenters. The zero-order chi connectivity index (χ0) is 22.5. The third-order valence-electron chi connectivity index (χ3n) is 8.01. The predicted molar refractivity (Wildman–Crippen MR) is 122 cm³/mol. The predicted octanol–water partition coefficient (Wildman–Crippen LogP) is 4.83.